The van der Waals surface area contributed by atoms with Gasteiger partial charge in [-0.3, -0.25) is 14.6 Å². The minimum Gasteiger partial charge on any atom is -0.478 e. The second-order valence-electron chi connectivity index (χ2n) is 5.47. The fourth-order valence-electron chi connectivity index (χ4n) is 2.24. The molecule has 26 heavy (non-hydrogen) atoms. The molecule has 3 heterocycles. The third kappa shape index (κ3) is 4.22. The Morgan fingerprint density at radius 2 is 2.12 bits per heavy atom. The van der Waals surface area contributed by atoms with Gasteiger partial charge in [-0.15, -0.1) is 0 Å². The van der Waals surface area contributed by atoms with Gasteiger partial charge in [-0.2, -0.15) is 0 Å². The molecule has 0 radical (unpaired) electrons. The van der Waals surface area contributed by atoms with Crippen molar-refractivity contribution in [1.82, 2.24) is 25.4 Å². The molecular formula is C18H19N5O3. The smallest absolute Gasteiger partial charge is 0.295 e. The molecule has 3 aromatic heterocycles. The summed E-state index contributed by atoms with van der Waals surface area (Å²) < 4.78 is 5.31. The molecule has 134 valence electrons. The molecule has 1 amide bonds. The lowest BCUT2D eigenvalue weighted by atomic mass is 10.2. The zero-order valence-corrected chi connectivity index (χ0v) is 14.5. The molecule has 0 aromatic carbocycles. The van der Waals surface area contributed by atoms with Crippen LogP contribution >= 0.6 is 0 Å². The Morgan fingerprint density at radius 3 is 2.81 bits per heavy atom. The monoisotopic (exact) mass is 353 g/mol. The van der Waals surface area contributed by atoms with Crippen LogP contribution < -0.4 is 10.2 Å². The Morgan fingerprint density at radius 1 is 1.23 bits per heavy atom. The first-order valence-corrected chi connectivity index (χ1v) is 8.13. The van der Waals surface area contributed by atoms with Gasteiger partial charge in [0.15, 0.2) is 0 Å². The van der Waals surface area contributed by atoms with E-state index in [0.29, 0.717) is 18.2 Å². The van der Waals surface area contributed by atoms with E-state index in [2.05, 4.69) is 25.4 Å². The highest BCUT2D eigenvalue weighted by atomic mass is 16.7. The van der Waals surface area contributed by atoms with Crippen molar-refractivity contribution in [3.8, 4) is 17.1 Å². The Kier molecular flexibility index (Phi) is 5.55. The molecule has 0 spiro atoms. The standard InChI is InChI=1S/C18H19N5O3/c1-3-25-17-5-4-13(8-21-17)14-9-19-10-15(22-14)18(24)23-26-11-16-12(2)6-7-20-16/h4-10,20H,3,11H2,1-2H3,(H,23,24). The molecule has 3 rings (SSSR count). The summed E-state index contributed by atoms with van der Waals surface area (Å²) in [6, 6.07) is 5.49. The van der Waals surface area contributed by atoms with Crippen LogP contribution in [-0.2, 0) is 11.4 Å². The van der Waals surface area contributed by atoms with Crippen molar-refractivity contribution < 1.29 is 14.4 Å². The molecule has 0 saturated carbocycles. The molecule has 0 bridgehead atoms. The number of carbonyl (C=O) groups excluding carboxylic acids is 1. The van der Waals surface area contributed by atoms with Crippen molar-refractivity contribution >= 4 is 5.91 Å². The number of H-pyrrole nitrogens is 1. The van der Waals surface area contributed by atoms with Gasteiger partial charge in [0.25, 0.3) is 5.91 Å². The van der Waals surface area contributed by atoms with Gasteiger partial charge >= 0.3 is 0 Å². The van der Waals surface area contributed by atoms with E-state index in [1.54, 1.807) is 18.5 Å². The fourth-order valence-corrected chi connectivity index (χ4v) is 2.24. The van der Waals surface area contributed by atoms with Crippen molar-refractivity contribution in [1.29, 1.82) is 0 Å². The lowest BCUT2D eigenvalue weighted by Gasteiger charge is -2.07. The highest BCUT2D eigenvalue weighted by molar-refractivity contribution is 5.91. The summed E-state index contributed by atoms with van der Waals surface area (Å²) in [6.07, 6.45) is 6.39. The molecule has 0 unspecified atom stereocenters. The molecule has 0 aliphatic heterocycles. The van der Waals surface area contributed by atoms with E-state index in [-0.39, 0.29) is 12.3 Å². The summed E-state index contributed by atoms with van der Waals surface area (Å²) in [4.78, 5) is 33.0. The fraction of sp³-hybridized carbons (Fsp3) is 0.222. The third-order valence-electron chi connectivity index (χ3n) is 3.64. The summed E-state index contributed by atoms with van der Waals surface area (Å²) in [7, 11) is 0. The molecule has 0 atom stereocenters. The number of nitrogens with one attached hydrogen (secondary N) is 2. The SMILES string of the molecule is CCOc1ccc(-c2cncc(C(=O)NOCc3[nH]ccc3C)n2)cn1. The summed E-state index contributed by atoms with van der Waals surface area (Å²) >= 11 is 0. The number of pyridine rings is 1. The Bertz CT molecular complexity index is 877. The highest BCUT2D eigenvalue weighted by Gasteiger charge is 2.11. The summed E-state index contributed by atoms with van der Waals surface area (Å²) in [5.41, 5.74) is 5.75. The van der Waals surface area contributed by atoms with Crippen LogP contribution in [0.2, 0.25) is 0 Å². The zero-order valence-electron chi connectivity index (χ0n) is 14.5. The number of aromatic nitrogens is 4. The number of aromatic amines is 1. The van der Waals surface area contributed by atoms with Crippen molar-refractivity contribution in [2.75, 3.05) is 6.61 Å². The number of hydrogen-bond donors (Lipinski definition) is 2. The van der Waals surface area contributed by atoms with E-state index in [1.165, 1.54) is 6.20 Å². The van der Waals surface area contributed by atoms with Gasteiger partial charge in [-0.1, -0.05) is 0 Å². The molecule has 0 aliphatic rings. The minimum atomic E-state index is -0.470. The molecule has 2 N–H and O–H groups in total. The van der Waals surface area contributed by atoms with Gasteiger partial charge in [-0.25, -0.2) is 15.4 Å². The van der Waals surface area contributed by atoms with Crippen LogP contribution in [0.3, 0.4) is 0 Å². The van der Waals surface area contributed by atoms with E-state index in [9.17, 15) is 4.79 Å². The van der Waals surface area contributed by atoms with Crippen LogP contribution in [-0.4, -0.2) is 32.4 Å². The second kappa shape index (κ2) is 8.21. The Balaban J connectivity index is 1.64. The van der Waals surface area contributed by atoms with Crippen LogP contribution in [0.1, 0.15) is 28.7 Å². The molecule has 0 aliphatic carbocycles. The number of rotatable bonds is 7. The van der Waals surface area contributed by atoms with E-state index in [1.807, 2.05) is 32.2 Å². The van der Waals surface area contributed by atoms with Gasteiger partial charge in [-0.05, 0) is 31.5 Å². The van der Waals surface area contributed by atoms with Crippen molar-refractivity contribution in [2.45, 2.75) is 20.5 Å². The number of carbonyl (C=O) groups is 1. The zero-order chi connectivity index (χ0) is 18.4. The lowest BCUT2D eigenvalue weighted by molar-refractivity contribution is 0.0217. The summed E-state index contributed by atoms with van der Waals surface area (Å²) in [5, 5.41) is 0. The maximum atomic E-state index is 12.2. The average Bonchev–Trinajstić information content (AvgIpc) is 3.07. The minimum absolute atomic E-state index is 0.152. The normalized spacial score (nSPS) is 10.5. The van der Waals surface area contributed by atoms with Gasteiger partial charge in [0.05, 0.1) is 24.7 Å². The number of aryl methyl sites for hydroxylation is 1. The number of hydroxylamine groups is 1. The van der Waals surface area contributed by atoms with Crippen molar-refractivity contribution in [3.05, 3.63) is 59.9 Å². The van der Waals surface area contributed by atoms with Crippen LogP contribution in [0.4, 0.5) is 0 Å². The van der Waals surface area contributed by atoms with Crippen molar-refractivity contribution in [3.63, 3.8) is 0 Å². The predicted octanol–water partition coefficient (Wildman–Crippen LogP) is 2.44. The second-order valence-corrected chi connectivity index (χ2v) is 5.47. The topological polar surface area (TPSA) is 102 Å². The van der Waals surface area contributed by atoms with E-state index in [0.717, 1.165) is 16.8 Å². The van der Waals surface area contributed by atoms with Gasteiger partial charge in [0, 0.05) is 29.7 Å². The predicted molar refractivity (Wildman–Crippen MR) is 94.2 cm³/mol. The number of nitrogens with zero attached hydrogens (tertiary/aromatic N) is 3. The van der Waals surface area contributed by atoms with E-state index >= 15 is 0 Å². The summed E-state index contributed by atoms with van der Waals surface area (Å²) in [5.74, 6) is 0.0635. The Labute approximate surface area is 150 Å². The van der Waals surface area contributed by atoms with Crippen molar-refractivity contribution in [2.24, 2.45) is 0 Å². The lowest BCUT2D eigenvalue weighted by Crippen LogP contribution is -2.25. The average molecular weight is 353 g/mol. The number of hydrogen-bond acceptors (Lipinski definition) is 6. The molecular weight excluding hydrogens is 334 g/mol. The van der Waals surface area contributed by atoms with Crippen LogP contribution in [0.5, 0.6) is 5.88 Å². The molecule has 0 fully saturated rings. The molecule has 8 nitrogen and oxygen atoms in total. The summed E-state index contributed by atoms with van der Waals surface area (Å²) in [6.45, 7) is 4.63. The van der Waals surface area contributed by atoms with E-state index < -0.39 is 5.91 Å². The van der Waals surface area contributed by atoms with Crippen LogP contribution in [0.15, 0.2) is 43.0 Å². The first kappa shape index (κ1) is 17.6. The largest absolute Gasteiger partial charge is 0.478 e. The van der Waals surface area contributed by atoms with Gasteiger partial charge < -0.3 is 9.72 Å². The molecule has 8 heteroatoms. The van der Waals surface area contributed by atoms with Crippen LogP contribution in [0.25, 0.3) is 11.3 Å². The maximum absolute atomic E-state index is 12.2. The van der Waals surface area contributed by atoms with E-state index in [4.69, 9.17) is 9.57 Å². The Hall–Kier alpha value is -3.26. The number of amides is 1. The van der Waals surface area contributed by atoms with Crippen LogP contribution in [0, 0.1) is 6.92 Å². The number of ether oxygens (including phenoxy) is 1. The first-order chi connectivity index (χ1) is 12.7. The maximum Gasteiger partial charge on any atom is 0.295 e. The first-order valence-electron chi connectivity index (χ1n) is 8.13. The van der Waals surface area contributed by atoms with Gasteiger partial charge in [0.1, 0.15) is 12.3 Å². The molecule has 3 aromatic rings. The molecule has 0 saturated heterocycles. The van der Waals surface area contributed by atoms with Gasteiger partial charge in [0.2, 0.25) is 5.88 Å². The highest BCUT2D eigenvalue weighted by Crippen LogP contribution is 2.17. The quantitative estimate of drug-likeness (QED) is 0.633. The third-order valence-corrected chi connectivity index (χ3v) is 3.64.